The lowest BCUT2D eigenvalue weighted by atomic mass is 9.83. The zero-order valence-electron chi connectivity index (χ0n) is 17.7. The molecule has 0 spiro atoms. The fourth-order valence-corrected chi connectivity index (χ4v) is 4.25. The Balaban J connectivity index is 1.77. The van der Waals surface area contributed by atoms with Crippen LogP contribution in [0.15, 0.2) is 42.5 Å². The number of aliphatic hydroxyl groups excluding tert-OH is 1. The van der Waals surface area contributed by atoms with E-state index in [9.17, 15) is 9.90 Å². The first-order valence-electron chi connectivity index (χ1n) is 10.6. The average Bonchev–Trinajstić information content (AvgIpc) is 2.77. The number of hydrogen-bond acceptors (Lipinski definition) is 4. The number of aliphatic hydroxyl groups is 1. The molecule has 0 aliphatic heterocycles. The second kappa shape index (κ2) is 10.0. The third-order valence-corrected chi connectivity index (χ3v) is 6.05. The lowest BCUT2D eigenvalue weighted by Gasteiger charge is -2.30. The molecule has 1 aliphatic carbocycles. The second-order valence-corrected chi connectivity index (χ2v) is 8.09. The van der Waals surface area contributed by atoms with Gasteiger partial charge in [-0.05, 0) is 67.0 Å². The summed E-state index contributed by atoms with van der Waals surface area (Å²) in [6.07, 6.45) is 5.18. The molecule has 2 unspecified atom stereocenters. The number of aryl methyl sites for hydroxylation is 1. The SMILES string of the molecule is COC(=O)c1ccc(COC(C)C(O)C2CCCCC2)cc1-c1ccccc1C. The zero-order valence-corrected chi connectivity index (χ0v) is 17.7. The quantitative estimate of drug-likeness (QED) is 0.646. The van der Waals surface area contributed by atoms with Crippen LogP contribution in [-0.4, -0.2) is 30.4 Å². The van der Waals surface area contributed by atoms with Gasteiger partial charge in [0.2, 0.25) is 0 Å². The predicted octanol–water partition coefficient (Wildman–Crippen LogP) is 5.29. The Labute approximate surface area is 173 Å². The Kier molecular flexibility index (Phi) is 7.45. The lowest BCUT2D eigenvalue weighted by Crippen LogP contribution is -2.34. The van der Waals surface area contributed by atoms with E-state index in [1.165, 1.54) is 26.4 Å². The van der Waals surface area contributed by atoms with E-state index in [1.54, 1.807) is 6.07 Å². The molecule has 0 amide bonds. The predicted molar refractivity (Wildman–Crippen MR) is 115 cm³/mol. The van der Waals surface area contributed by atoms with E-state index in [2.05, 4.69) is 0 Å². The van der Waals surface area contributed by atoms with Gasteiger partial charge in [-0.3, -0.25) is 0 Å². The Hall–Kier alpha value is -2.17. The van der Waals surface area contributed by atoms with Gasteiger partial charge < -0.3 is 14.6 Å². The minimum Gasteiger partial charge on any atom is -0.465 e. The molecule has 4 nitrogen and oxygen atoms in total. The van der Waals surface area contributed by atoms with E-state index in [0.717, 1.165) is 35.1 Å². The van der Waals surface area contributed by atoms with Gasteiger partial charge in [0, 0.05) is 0 Å². The number of rotatable bonds is 7. The van der Waals surface area contributed by atoms with Crippen molar-refractivity contribution in [1.29, 1.82) is 0 Å². The molecule has 4 heteroatoms. The van der Waals surface area contributed by atoms with Gasteiger partial charge in [0.15, 0.2) is 0 Å². The molecule has 2 aromatic rings. The summed E-state index contributed by atoms with van der Waals surface area (Å²) in [5, 5.41) is 10.7. The lowest BCUT2D eigenvalue weighted by molar-refractivity contribution is -0.0658. The van der Waals surface area contributed by atoms with E-state index in [4.69, 9.17) is 9.47 Å². The summed E-state index contributed by atoms with van der Waals surface area (Å²) in [6, 6.07) is 13.7. The van der Waals surface area contributed by atoms with Crippen LogP contribution < -0.4 is 0 Å². The highest BCUT2D eigenvalue weighted by Gasteiger charge is 2.27. The van der Waals surface area contributed by atoms with Crippen molar-refractivity contribution in [3.8, 4) is 11.1 Å². The molecule has 0 aromatic heterocycles. The molecule has 2 aromatic carbocycles. The maximum atomic E-state index is 12.3. The van der Waals surface area contributed by atoms with E-state index in [0.29, 0.717) is 18.1 Å². The molecule has 2 atom stereocenters. The maximum Gasteiger partial charge on any atom is 0.338 e. The fraction of sp³-hybridized carbons (Fsp3) is 0.480. The van der Waals surface area contributed by atoms with Crippen LogP contribution in [0.4, 0.5) is 0 Å². The van der Waals surface area contributed by atoms with Crippen molar-refractivity contribution in [3.63, 3.8) is 0 Å². The van der Waals surface area contributed by atoms with Crippen LogP contribution in [0.3, 0.4) is 0 Å². The third-order valence-electron chi connectivity index (χ3n) is 6.05. The van der Waals surface area contributed by atoms with Crippen molar-refractivity contribution in [2.75, 3.05) is 7.11 Å². The number of benzene rings is 2. The Morgan fingerprint density at radius 2 is 1.83 bits per heavy atom. The van der Waals surface area contributed by atoms with Gasteiger partial charge in [-0.1, -0.05) is 49.6 Å². The van der Waals surface area contributed by atoms with Gasteiger partial charge in [0.25, 0.3) is 0 Å². The Bertz CT molecular complexity index is 823. The van der Waals surface area contributed by atoms with E-state index < -0.39 is 6.10 Å². The van der Waals surface area contributed by atoms with Gasteiger partial charge in [-0.25, -0.2) is 4.79 Å². The zero-order chi connectivity index (χ0) is 20.8. The highest BCUT2D eigenvalue weighted by atomic mass is 16.5. The summed E-state index contributed by atoms with van der Waals surface area (Å²) < 4.78 is 11.0. The summed E-state index contributed by atoms with van der Waals surface area (Å²) >= 11 is 0. The second-order valence-electron chi connectivity index (χ2n) is 8.09. The van der Waals surface area contributed by atoms with Crippen LogP contribution in [0, 0.1) is 12.8 Å². The highest BCUT2D eigenvalue weighted by Crippen LogP contribution is 2.30. The minimum atomic E-state index is -0.430. The standard InChI is InChI=1S/C25H32O4/c1-17-9-7-8-12-21(17)23-15-19(13-14-22(23)25(27)28-3)16-29-18(2)24(26)20-10-5-4-6-11-20/h7-9,12-15,18,20,24,26H,4-6,10-11,16H2,1-3H3. The minimum absolute atomic E-state index is 0.222. The van der Waals surface area contributed by atoms with Crippen LogP contribution in [-0.2, 0) is 16.1 Å². The van der Waals surface area contributed by atoms with Crippen LogP contribution in [0.25, 0.3) is 11.1 Å². The first-order valence-corrected chi connectivity index (χ1v) is 10.6. The molecule has 0 bridgehead atoms. The van der Waals surface area contributed by atoms with Gasteiger partial charge in [-0.15, -0.1) is 0 Å². The van der Waals surface area contributed by atoms with Crippen LogP contribution >= 0.6 is 0 Å². The summed E-state index contributed by atoms with van der Waals surface area (Å²) in [5.74, 6) is -0.0141. The third kappa shape index (κ3) is 5.26. The number of methoxy groups -OCH3 is 1. The van der Waals surface area contributed by atoms with Gasteiger partial charge in [0.1, 0.15) is 0 Å². The first-order chi connectivity index (χ1) is 14.0. The van der Waals surface area contributed by atoms with Crippen molar-refractivity contribution in [2.45, 2.75) is 64.8 Å². The number of esters is 1. The number of carbonyl (C=O) groups is 1. The van der Waals surface area contributed by atoms with Crippen molar-refractivity contribution in [2.24, 2.45) is 5.92 Å². The molecular formula is C25H32O4. The van der Waals surface area contributed by atoms with Crippen LogP contribution in [0.1, 0.15) is 60.5 Å². The van der Waals surface area contributed by atoms with Gasteiger partial charge >= 0.3 is 5.97 Å². The van der Waals surface area contributed by atoms with Crippen molar-refractivity contribution < 1.29 is 19.4 Å². The van der Waals surface area contributed by atoms with E-state index in [1.807, 2.05) is 50.2 Å². The molecule has 29 heavy (non-hydrogen) atoms. The molecular weight excluding hydrogens is 364 g/mol. The number of carbonyl (C=O) groups excluding carboxylic acids is 1. The molecule has 1 saturated carbocycles. The van der Waals surface area contributed by atoms with Gasteiger partial charge in [-0.2, -0.15) is 0 Å². The molecule has 0 radical (unpaired) electrons. The normalized spacial score (nSPS) is 17.0. The maximum absolute atomic E-state index is 12.3. The number of hydrogen-bond donors (Lipinski definition) is 1. The highest BCUT2D eigenvalue weighted by molar-refractivity contribution is 5.97. The Morgan fingerprint density at radius 3 is 2.52 bits per heavy atom. The topological polar surface area (TPSA) is 55.8 Å². The molecule has 1 N–H and O–H groups in total. The van der Waals surface area contributed by atoms with E-state index in [-0.39, 0.29) is 12.1 Å². The molecule has 156 valence electrons. The molecule has 1 fully saturated rings. The summed E-state index contributed by atoms with van der Waals surface area (Å²) in [5.41, 5.74) is 4.46. The van der Waals surface area contributed by atoms with Gasteiger partial charge in [0.05, 0.1) is 31.5 Å². The first kappa shape index (κ1) is 21.5. The number of ether oxygens (including phenoxy) is 2. The average molecular weight is 397 g/mol. The Morgan fingerprint density at radius 1 is 1.10 bits per heavy atom. The fourth-order valence-electron chi connectivity index (χ4n) is 4.25. The smallest absolute Gasteiger partial charge is 0.338 e. The summed E-state index contributed by atoms with van der Waals surface area (Å²) in [7, 11) is 1.40. The summed E-state index contributed by atoms with van der Waals surface area (Å²) in [6.45, 7) is 4.37. The van der Waals surface area contributed by atoms with Crippen molar-refractivity contribution in [3.05, 3.63) is 59.2 Å². The van der Waals surface area contributed by atoms with Crippen molar-refractivity contribution >= 4 is 5.97 Å². The monoisotopic (exact) mass is 396 g/mol. The summed E-state index contributed by atoms with van der Waals surface area (Å²) in [4.78, 5) is 12.3. The largest absolute Gasteiger partial charge is 0.465 e. The van der Waals surface area contributed by atoms with Crippen LogP contribution in [0.5, 0.6) is 0 Å². The molecule has 1 aliphatic rings. The molecule has 0 heterocycles. The molecule has 3 rings (SSSR count). The van der Waals surface area contributed by atoms with Crippen molar-refractivity contribution in [1.82, 2.24) is 0 Å². The van der Waals surface area contributed by atoms with Crippen LogP contribution in [0.2, 0.25) is 0 Å². The van der Waals surface area contributed by atoms with E-state index >= 15 is 0 Å². The molecule has 0 saturated heterocycles.